The minimum absolute atomic E-state index is 0.276. The molecule has 1 heterocycles. The van der Waals surface area contributed by atoms with Crippen LogP contribution in [0.25, 0.3) is 0 Å². The van der Waals surface area contributed by atoms with Crippen molar-refractivity contribution in [1.29, 1.82) is 0 Å². The summed E-state index contributed by atoms with van der Waals surface area (Å²) in [6, 6.07) is 10.6. The molecule has 2 aliphatic carbocycles. The van der Waals surface area contributed by atoms with Crippen LogP contribution in [0, 0.1) is 16.7 Å². The summed E-state index contributed by atoms with van der Waals surface area (Å²) >= 11 is 0. The van der Waals surface area contributed by atoms with Crippen LogP contribution >= 0.6 is 0 Å². The average Bonchev–Trinajstić information content (AvgIpc) is 3.01. The Morgan fingerprint density at radius 1 is 1.11 bits per heavy atom. The molecule has 1 N–H and O–H groups in total. The molecule has 2 saturated carbocycles. The monoisotopic (exact) mass is 372 g/mol. The van der Waals surface area contributed by atoms with Crippen molar-refractivity contribution in [2.24, 2.45) is 16.7 Å². The molecular formula is C23H36N2O2. The van der Waals surface area contributed by atoms with Crippen LogP contribution in [0.1, 0.15) is 40.0 Å². The summed E-state index contributed by atoms with van der Waals surface area (Å²) in [5.74, 6) is 0.788. The number of hydrogen-bond donors (Lipinski definition) is 1. The predicted molar refractivity (Wildman–Crippen MR) is 110 cm³/mol. The molecule has 150 valence electrons. The van der Waals surface area contributed by atoms with Gasteiger partial charge in [0.05, 0.1) is 18.8 Å². The van der Waals surface area contributed by atoms with Crippen molar-refractivity contribution in [3.8, 4) is 0 Å². The lowest BCUT2D eigenvalue weighted by Crippen LogP contribution is -2.49. The summed E-state index contributed by atoms with van der Waals surface area (Å²) in [5.41, 5.74) is 1.95. The second-order valence-corrected chi connectivity index (χ2v) is 9.71. The number of β-amino-alcohol motifs (C(OH)–C–C–N with tert-alkyl or cyclic N) is 1. The van der Waals surface area contributed by atoms with E-state index in [-0.39, 0.29) is 11.5 Å². The lowest BCUT2D eigenvalue weighted by atomic mass is 9.70. The molecule has 0 aromatic heterocycles. The van der Waals surface area contributed by atoms with Gasteiger partial charge in [-0.2, -0.15) is 0 Å². The smallest absolute Gasteiger partial charge is 0.0900 e. The third kappa shape index (κ3) is 3.52. The molecule has 0 unspecified atom stereocenters. The van der Waals surface area contributed by atoms with Gasteiger partial charge in [0, 0.05) is 38.4 Å². The Morgan fingerprint density at radius 3 is 2.41 bits per heavy atom. The fourth-order valence-electron chi connectivity index (χ4n) is 5.79. The van der Waals surface area contributed by atoms with E-state index in [0.717, 1.165) is 38.6 Å². The summed E-state index contributed by atoms with van der Waals surface area (Å²) in [6.45, 7) is 12.5. The Hall–Kier alpha value is -1.10. The first-order chi connectivity index (χ1) is 12.9. The minimum Gasteiger partial charge on any atom is -0.389 e. The highest BCUT2D eigenvalue weighted by molar-refractivity contribution is 5.46. The highest BCUT2D eigenvalue weighted by atomic mass is 16.5. The van der Waals surface area contributed by atoms with Gasteiger partial charge in [0.25, 0.3) is 0 Å². The number of aliphatic hydroxyl groups excluding tert-OH is 1. The van der Waals surface area contributed by atoms with Crippen molar-refractivity contribution in [2.75, 3.05) is 44.2 Å². The highest BCUT2D eigenvalue weighted by Gasteiger charge is 2.61. The van der Waals surface area contributed by atoms with Crippen LogP contribution < -0.4 is 4.90 Å². The first kappa shape index (κ1) is 19.2. The van der Waals surface area contributed by atoms with Gasteiger partial charge >= 0.3 is 0 Å². The summed E-state index contributed by atoms with van der Waals surface area (Å²) in [5, 5.41) is 10.5. The standard InChI is InChI=1S/C23H36N2O2/c1-22(2)18-9-10-23(22,3)21(15-18)27-17-20(26)16-24-11-13-25(14-12-24)19-7-5-4-6-8-19/h4-8,18,20-21,26H,9-17H2,1-3H3/t18-,20-,21-,23-/m1/s1. The van der Waals surface area contributed by atoms with Crippen molar-refractivity contribution in [1.82, 2.24) is 4.90 Å². The highest BCUT2D eigenvalue weighted by Crippen LogP contribution is 2.66. The number of nitrogens with zero attached hydrogens (tertiary/aromatic N) is 2. The van der Waals surface area contributed by atoms with Gasteiger partial charge < -0.3 is 14.7 Å². The van der Waals surface area contributed by atoms with Crippen LogP contribution in [0.2, 0.25) is 0 Å². The zero-order valence-electron chi connectivity index (χ0n) is 17.2. The summed E-state index contributed by atoms with van der Waals surface area (Å²) in [4.78, 5) is 4.80. The first-order valence-corrected chi connectivity index (χ1v) is 10.7. The van der Waals surface area contributed by atoms with Crippen LogP contribution in [0.4, 0.5) is 5.69 Å². The molecule has 0 amide bonds. The molecule has 1 aromatic carbocycles. The molecule has 4 heteroatoms. The number of anilines is 1. The van der Waals surface area contributed by atoms with Crippen LogP contribution in [0.15, 0.2) is 30.3 Å². The second-order valence-electron chi connectivity index (χ2n) is 9.71. The number of ether oxygens (including phenoxy) is 1. The van der Waals surface area contributed by atoms with E-state index >= 15 is 0 Å². The quantitative estimate of drug-likeness (QED) is 0.830. The van der Waals surface area contributed by atoms with E-state index in [1.807, 2.05) is 0 Å². The van der Waals surface area contributed by atoms with Crippen molar-refractivity contribution in [3.63, 3.8) is 0 Å². The van der Waals surface area contributed by atoms with E-state index in [0.29, 0.717) is 18.1 Å². The lowest BCUT2D eigenvalue weighted by molar-refractivity contribution is -0.0794. The molecule has 4 rings (SSSR count). The van der Waals surface area contributed by atoms with E-state index in [2.05, 4.69) is 60.9 Å². The van der Waals surface area contributed by atoms with Gasteiger partial charge in [0.2, 0.25) is 0 Å². The van der Waals surface area contributed by atoms with Crippen LogP contribution in [0.3, 0.4) is 0 Å². The summed E-state index contributed by atoms with van der Waals surface area (Å²) in [6.07, 6.45) is 3.71. The van der Waals surface area contributed by atoms with Crippen molar-refractivity contribution < 1.29 is 9.84 Å². The number of fused-ring (bicyclic) bond motifs is 2. The van der Waals surface area contributed by atoms with E-state index in [9.17, 15) is 5.11 Å². The van der Waals surface area contributed by atoms with Crippen molar-refractivity contribution >= 4 is 5.69 Å². The topological polar surface area (TPSA) is 35.9 Å². The van der Waals surface area contributed by atoms with Crippen LogP contribution in [-0.2, 0) is 4.74 Å². The largest absolute Gasteiger partial charge is 0.389 e. The maximum absolute atomic E-state index is 10.5. The zero-order chi connectivity index (χ0) is 19.1. The predicted octanol–water partition coefficient (Wildman–Crippen LogP) is 3.40. The summed E-state index contributed by atoms with van der Waals surface area (Å²) in [7, 11) is 0. The number of benzene rings is 1. The number of para-hydroxylation sites is 1. The fourth-order valence-corrected chi connectivity index (χ4v) is 5.79. The molecule has 27 heavy (non-hydrogen) atoms. The van der Waals surface area contributed by atoms with E-state index < -0.39 is 0 Å². The third-order valence-corrected chi connectivity index (χ3v) is 8.17. The first-order valence-electron chi connectivity index (χ1n) is 10.7. The normalized spacial score (nSPS) is 34.1. The Kier molecular flexibility index (Phi) is 5.26. The van der Waals surface area contributed by atoms with E-state index in [1.54, 1.807) is 0 Å². The Labute approximate surface area is 164 Å². The number of hydrogen-bond acceptors (Lipinski definition) is 4. The maximum Gasteiger partial charge on any atom is 0.0900 e. The van der Waals surface area contributed by atoms with Gasteiger partial charge in [0.1, 0.15) is 0 Å². The molecule has 3 fully saturated rings. The van der Waals surface area contributed by atoms with Crippen LogP contribution in [0.5, 0.6) is 0 Å². The molecule has 4 atom stereocenters. The van der Waals surface area contributed by atoms with Crippen molar-refractivity contribution in [2.45, 2.75) is 52.2 Å². The van der Waals surface area contributed by atoms with Crippen molar-refractivity contribution in [3.05, 3.63) is 30.3 Å². The van der Waals surface area contributed by atoms with Gasteiger partial charge in [-0.25, -0.2) is 0 Å². The molecule has 2 bridgehead atoms. The molecule has 0 spiro atoms. The molecule has 1 aromatic rings. The molecule has 4 nitrogen and oxygen atoms in total. The molecule has 1 saturated heterocycles. The fraction of sp³-hybridized carbons (Fsp3) is 0.739. The second kappa shape index (κ2) is 7.38. The third-order valence-electron chi connectivity index (χ3n) is 8.17. The maximum atomic E-state index is 10.5. The lowest BCUT2D eigenvalue weighted by Gasteiger charge is -2.39. The Balaban J connectivity index is 1.21. The van der Waals surface area contributed by atoms with Gasteiger partial charge in [-0.1, -0.05) is 39.0 Å². The average molecular weight is 373 g/mol. The molecule has 0 radical (unpaired) electrons. The SMILES string of the molecule is CC1(C)[C@@H]2CC[C@]1(C)[C@H](OC[C@H](O)CN1CCN(c3ccccc3)CC1)C2. The molecule has 1 aliphatic heterocycles. The van der Waals surface area contributed by atoms with Gasteiger partial charge in [-0.3, -0.25) is 4.90 Å². The number of rotatable bonds is 6. The minimum atomic E-state index is -0.390. The van der Waals surface area contributed by atoms with E-state index in [4.69, 9.17) is 4.74 Å². The molecule has 3 aliphatic rings. The summed E-state index contributed by atoms with van der Waals surface area (Å²) < 4.78 is 6.28. The van der Waals surface area contributed by atoms with Crippen LogP contribution in [-0.4, -0.2) is 61.5 Å². The van der Waals surface area contributed by atoms with E-state index in [1.165, 1.54) is 24.9 Å². The number of aliphatic hydroxyl groups is 1. The number of piperazine rings is 1. The Bertz CT molecular complexity index is 627. The Morgan fingerprint density at radius 2 is 1.81 bits per heavy atom. The van der Waals surface area contributed by atoms with Gasteiger partial charge in [-0.15, -0.1) is 0 Å². The zero-order valence-corrected chi connectivity index (χ0v) is 17.2. The van der Waals surface area contributed by atoms with Gasteiger partial charge in [-0.05, 0) is 48.1 Å². The van der Waals surface area contributed by atoms with Gasteiger partial charge in [0.15, 0.2) is 0 Å². The molecular weight excluding hydrogens is 336 g/mol.